The third-order valence-electron chi connectivity index (χ3n) is 3.89. The second-order valence-electron chi connectivity index (χ2n) is 6.05. The fourth-order valence-electron chi connectivity index (χ4n) is 2.79. The zero-order valence-electron chi connectivity index (χ0n) is 14.4. The minimum atomic E-state index is -0.404. The number of aryl methyl sites for hydroxylation is 1. The number of anilines is 1. The van der Waals surface area contributed by atoms with Gasteiger partial charge in [-0.05, 0) is 43.9 Å². The lowest BCUT2D eigenvalue weighted by Crippen LogP contribution is -2.32. The smallest absolute Gasteiger partial charge is 0.246 e. The SMILES string of the molecule is Cc1cccc(C(C(=O)Nc2ccccc2-c2nn[nH]n2)N(C)C)c1. The molecule has 2 N–H and O–H groups in total. The predicted molar refractivity (Wildman–Crippen MR) is 95.9 cm³/mol. The van der Waals surface area contributed by atoms with E-state index in [0.717, 1.165) is 11.1 Å². The molecule has 1 unspecified atom stereocenters. The first-order chi connectivity index (χ1) is 12.1. The Balaban J connectivity index is 1.91. The average Bonchev–Trinajstić information content (AvgIpc) is 3.09. The van der Waals surface area contributed by atoms with Crippen LogP contribution >= 0.6 is 0 Å². The second-order valence-corrected chi connectivity index (χ2v) is 6.05. The topological polar surface area (TPSA) is 86.8 Å². The number of carbonyl (C=O) groups is 1. The van der Waals surface area contributed by atoms with Gasteiger partial charge in [0.05, 0.1) is 5.69 Å². The fourth-order valence-corrected chi connectivity index (χ4v) is 2.79. The highest BCUT2D eigenvalue weighted by Gasteiger charge is 2.24. The van der Waals surface area contributed by atoms with Gasteiger partial charge in [0, 0.05) is 5.56 Å². The zero-order valence-corrected chi connectivity index (χ0v) is 14.4. The molecule has 3 aromatic rings. The maximum atomic E-state index is 13.0. The number of hydrogen-bond acceptors (Lipinski definition) is 5. The van der Waals surface area contributed by atoms with Gasteiger partial charge in [-0.3, -0.25) is 9.69 Å². The van der Waals surface area contributed by atoms with Crippen molar-refractivity contribution < 1.29 is 4.79 Å². The number of aromatic amines is 1. The van der Waals surface area contributed by atoms with Crippen molar-refractivity contribution in [1.29, 1.82) is 0 Å². The Morgan fingerprint density at radius 2 is 1.96 bits per heavy atom. The molecule has 2 aromatic carbocycles. The molecule has 0 aliphatic rings. The number of amides is 1. The van der Waals surface area contributed by atoms with Crippen molar-refractivity contribution in [2.45, 2.75) is 13.0 Å². The molecule has 7 nitrogen and oxygen atoms in total. The Hall–Kier alpha value is -3.06. The van der Waals surface area contributed by atoms with Crippen molar-refractivity contribution in [3.63, 3.8) is 0 Å². The summed E-state index contributed by atoms with van der Waals surface area (Å²) >= 11 is 0. The molecule has 1 aromatic heterocycles. The molecular weight excluding hydrogens is 316 g/mol. The van der Waals surface area contributed by atoms with E-state index in [1.165, 1.54) is 0 Å². The maximum absolute atomic E-state index is 13.0. The van der Waals surface area contributed by atoms with Crippen molar-refractivity contribution in [2.24, 2.45) is 0 Å². The summed E-state index contributed by atoms with van der Waals surface area (Å²) < 4.78 is 0. The van der Waals surface area contributed by atoms with Crippen LogP contribution in [0.5, 0.6) is 0 Å². The molecule has 0 spiro atoms. The van der Waals surface area contributed by atoms with E-state index in [4.69, 9.17) is 0 Å². The number of tetrazole rings is 1. The molecule has 1 heterocycles. The van der Waals surface area contributed by atoms with Crippen LogP contribution in [0.2, 0.25) is 0 Å². The molecule has 1 amide bonds. The molecule has 0 saturated heterocycles. The van der Waals surface area contributed by atoms with E-state index >= 15 is 0 Å². The largest absolute Gasteiger partial charge is 0.324 e. The lowest BCUT2D eigenvalue weighted by molar-refractivity contribution is -0.120. The van der Waals surface area contributed by atoms with Crippen LogP contribution in [0, 0.1) is 6.92 Å². The Labute approximate surface area is 146 Å². The van der Waals surface area contributed by atoms with Crippen LogP contribution in [0.15, 0.2) is 48.5 Å². The highest BCUT2D eigenvalue weighted by molar-refractivity contribution is 5.98. The fraction of sp³-hybridized carbons (Fsp3) is 0.222. The van der Waals surface area contributed by atoms with Crippen LogP contribution < -0.4 is 5.32 Å². The number of nitrogens with one attached hydrogen (secondary N) is 2. The first kappa shape index (κ1) is 16.8. The van der Waals surface area contributed by atoms with Crippen LogP contribution in [0.4, 0.5) is 5.69 Å². The van der Waals surface area contributed by atoms with Gasteiger partial charge in [-0.2, -0.15) is 5.21 Å². The average molecular weight is 336 g/mol. The summed E-state index contributed by atoms with van der Waals surface area (Å²) in [6.45, 7) is 2.01. The van der Waals surface area contributed by atoms with Gasteiger partial charge in [-0.15, -0.1) is 10.2 Å². The molecule has 0 radical (unpaired) electrons. The van der Waals surface area contributed by atoms with Crippen molar-refractivity contribution >= 4 is 11.6 Å². The van der Waals surface area contributed by atoms with Crippen molar-refractivity contribution in [2.75, 3.05) is 19.4 Å². The normalized spacial score (nSPS) is 12.2. The summed E-state index contributed by atoms with van der Waals surface area (Å²) in [6, 6.07) is 14.9. The van der Waals surface area contributed by atoms with Crippen molar-refractivity contribution in [3.8, 4) is 11.4 Å². The summed E-state index contributed by atoms with van der Waals surface area (Å²) in [5.41, 5.74) is 3.42. The Kier molecular flexibility index (Phi) is 4.85. The summed E-state index contributed by atoms with van der Waals surface area (Å²) in [5.74, 6) is 0.319. The molecule has 7 heteroatoms. The summed E-state index contributed by atoms with van der Waals surface area (Å²) in [4.78, 5) is 14.9. The second kappa shape index (κ2) is 7.23. The lowest BCUT2D eigenvalue weighted by Gasteiger charge is -2.24. The van der Waals surface area contributed by atoms with Gasteiger partial charge in [-0.25, -0.2) is 0 Å². The van der Waals surface area contributed by atoms with E-state index in [0.29, 0.717) is 17.1 Å². The molecule has 0 fully saturated rings. The van der Waals surface area contributed by atoms with Crippen LogP contribution in [0.3, 0.4) is 0 Å². The minimum absolute atomic E-state index is 0.119. The highest BCUT2D eigenvalue weighted by Crippen LogP contribution is 2.27. The number of likely N-dealkylation sites (N-methyl/N-ethyl adjacent to an activating group) is 1. The first-order valence-electron chi connectivity index (χ1n) is 7.93. The quantitative estimate of drug-likeness (QED) is 0.747. The maximum Gasteiger partial charge on any atom is 0.246 e. The Morgan fingerprint density at radius 1 is 1.16 bits per heavy atom. The van der Waals surface area contributed by atoms with Crippen molar-refractivity contribution in [3.05, 3.63) is 59.7 Å². The van der Waals surface area contributed by atoms with Gasteiger partial charge < -0.3 is 5.32 Å². The molecule has 0 bridgehead atoms. The molecule has 128 valence electrons. The number of rotatable bonds is 5. The van der Waals surface area contributed by atoms with Gasteiger partial charge >= 0.3 is 0 Å². The van der Waals surface area contributed by atoms with E-state index in [1.807, 2.05) is 74.4 Å². The number of H-pyrrole nitrogens is 1. The van der Waals surface area contributed by atoms with Gasteiger partial charge in [0.1, 0.15) is 6.04 Å². The number of nitrogens with zero attached hydrogens (tertiary/aromatic N) is 4. The van der Waals surface area contributed by atoms with Crippen LogP contribution in [-0.2, 0) is 4.79 Å². The summed E-state index contributed by atoms with van der Waals surface area (Å²) in [6.07, 6.45) is 0. The minimum Gasteiger partial charge on any atom is -0.324 e. The van der Waals surface area contributed by atoms with Gasteiger partial charge in [0.15, 0.2) is 0 Å². The molecule has 1 atom stereocenters. The first-order valence-corrected chi connectivity index (χ1v) is 7.93. The Bertz CT molecular complexity index is 860. The lowest BCUT2D eigenvalue weighted by atomic mass is 10.0. The number of benzene rings is 2. The number of hydrogen-bond donors (Lipinski definition) is 2. The number of carbonyl (C=O) groups excluding carboxylic acids is 1. The zero-order chi connectivity index (χ0) is 17.8. The van der Waals surface area contributed by atoms with E-state index in [-0.39, 0.29) is 5.91 Å². The summed E-state index contributed by atoms with van der Waals surface area (Å²) in [7, 11) is 3.77. The molecule has 0 aliphatic heterocycles. The monoisotopic (exact) mass is 336 g/mol. The molecular formula is C18H20N6O. The highest BCUT2D eigenvalue weighted by atomic mass is 16.2. The van der Waals surface area contributed by atoms with Gasteiger partial charge in [0.2, 0.25) is 11.7 Å². The van der Waals surface area contributed by atoms with E-state index in [9.17, 15) is 4.79 Å². The molecule has 0 aliphatic carbocycles. The van der Waals surface area contributed by atoms with E-state index < -0.39 is 6.04 Å². The number of aromatic nitrogens is 4. The third-order valence-corrected chi connectivity index (χ3v) is 3.89. The van der Waals surface area contributed by atoms with Crippen molar-refractivity contribution in [1.82, 2.24) is 25.5 Å². The van der Waals surface area contributed by atoms with Crippen LogP contribution in [0.1, 0.15) is 17.2 Å². The standard InChI is InChI=1S/C18H20N6O/c1-12-7-6-8-13(11-12)16(24(2)3)18(25)19-15-10-5-4-9-14(15)17-20-22-23-21-17/h4-11,16H,1-3H3,(H,19,25)(H,20,21,22,23). The third kappa shape index (κ3) is 3.72. The van der Waals surface area contributed by atoms with E-state index in [2.05, 4.69) is 25.9 Å². The predicted octanol–water partition coefficient (Wildman–Crippen LogP) is 2.42. The summed E-state index contributed by atoms with van der Waals surface area (Å²) in [5, 5.41) is 17.0. The van der Waals surface area contributed by atoms with Gasteiger partial charge in [0.25, 0.3) is 0 Å². The van der Waals surface area contributed by atoms with E-state index in [1.54, 1.807) is 0 Å². The van der Waals surface area contributed by atoms with Crippen LogP contribution in [-0.4, -0.2) is 45.5 Å². The molecule has 3 rings (SSSR count). The molecule has 25 heavy (non-hydrogen) atoms. The van der Waals surface area contributed by atoms with Gasteiger partial charge in [-0.1, -0.05) is 42.0 Å². The molecule has 0 saturated carbocycles. The Morgan fingerprint density at radius 3 is 2.64 bits per heavy atom. The van der Waals surface area contributed by atoms with Crippen LogP contribution in [0.25, 0.3) is 11.4 Å². The number of para-hydroxylation sites is 1.